The van der Waals surface area contributed by atoms with Gasteiger partial charge in [-0.15, -0.1) is 11.6 Å². The zero-order chi connectivity index (χ0) is 21.6. The number of Topliss-reactive ketones (excluding diaryl/α,β-unsaturated/α-hetero) is 1. The van der Waals surface area contributed by atoms with Crippen molar-refractivity contribution in [3.8, 4) is 0 Å². The SMILES string of the molecule is C[C@@H]1C[C@H]2[C@@H]3CCC4=CC(=O)C=C[C@]4(C)[C@@]3(Cl)[C@@H](F)C[C@]2(C)[C@@]1(O)C(=O)C(=O)O. The largest absolute Gasteiger partial charge is 0.475 e. The van der Waals surface area contributed by atoms with Crippen LogP contribution in [0.1, 0.15) is 46.5 Å². The third-order valence-corrected chi connectivity index (χ3v) is 9.63. The van der Waals surface area contributed by atoms with Crippen LogP contribution in [0.25, 0.3) is 0 Å². The van der Waals surface area contributed by atoms with E-state index in [-0.39, 0.29) is 24.0 Å². The Labute approximate surface area is 174 Å². The molecule has 0 unspecified atom stereocenters. The topological polar surface area (TPSA) is 91.7 Å². The third-order valence-electron chi connectivity index (χ3n) is 8.72. The molecule has 0 spiro atoms. The molecule has 3 fully saturated rings. The zero-order valence-electron chi connectivity index (χ0n) is 16.7. The van der Waals surface area contributed by atoms with Gasteiger partial charge in [-0.2, -0.15) is 0 Å². The van der Waals surface area contributed by atoms with E-state index in [1.54, 1.807) is 26.0 Å². The number of hydrogen-bond acceptors (Lipinski definition) is 4. The summed E-state index contributed by atoms with van der Waals surface area (Å²) >= 11 is 7.14. The first-order valence-electron chi connectivity index (χ1n) is 10.1. The summed E-state index contributed by atoms with van der Waals surface area (Å²) < 4.78 is 16.0. The maximum atomic E-state index is 16.0. The van der Waals surface area contributed by atoms with Crippen LogP contribution >= 0.6 is 11.6 Å². The van der Waals surface area contributed by atoms with Crippen LogP contribution in [-0.4, -0.2) is 44.4 Å². The normalized spacial score (nSPS) is 51.0. The van der Waals surface area contributed by atoms with Crippen molar-refractivity contribution in [1.82, 2.24) is 0 Å². The maximum absolute atomic E-state index is 16.0. The van der Waals surface area contributed by atoms with Gasteiger partial charge in [-0.1, -0.05) is 32.4 Å². The molecule has 4 rings (SSSR count). The highest BCUT2D eigenvalue weighted by molar-refractivity contribution is 6.36. The van der Waals surface area contributed by atoms with Gasteiger partial charge in [0.25, 0.3) is 5.78 Å². The third kappa shape index (κ3) is 2.22. The van der Waals surface area contributed by atoms with Crippen molar-refractivity contribution in [2.24, 2.45) is 28.6 Å². The minimum Gasteiger partial charge on any atom is -0.475 e. The number of carboxylic acid groups (broad SMARTS) is 1. The molecule has 3 saturated carbocycles. The summed E-state index contributed by atoms with van der Waals surface area (Å²) in [5, 5.41) is 20.7. The number of hydrogen-bond donors (Lipinski definition) is 2. The molecule has 4 aliphatic carbocycles. The molecule has 0 saturated heterocycles. The lowest BCUT2D eigenvalue weighted by Gasteiger charge is -2.63. The number of carboxylic acids is 1. The number of rotatable bonds is 2. The predicted molar refractivity (Wildman–Crippen MR) is 104 cm³/mol. The minimum absolute atomic E-state index is 0.136. The van der Waals surface area contributed by atoms with Crippen LogP contribution in [0.4, 0.5) is 4.39 Å². The Morgan fingerprint density at radius 3 is 2.55 bits per heavy atom. The van der Waals surface area contributed by atoms with E-state index in [0.29, 0.717) is 19.3 Å². The molecule has 0 bridgehead atoms. The summed E-state index contributed by atoms with van der Waals surface area (Å²) in [6.07, 6.45) is 4.38. The molecule has 4 aliphatic rings. The molecular formula is C22H26ClFO5. The molecule has 0 aliphatic heterocycles. The van der Waals surface area contributed by atoms with E-state index in [1.807, 2.05) is 6.92 Å². The van der Waals surface area contributed by atoms with Crippen LogP contribution in [0.3, 0.4) is 0 Å². The second-order valence-electron chi connectivity index (χ2n) is 9.75. The number of halogens is 2. The number of ketones is 2. The van der Waals surface area contributed by atoms with Crippen LogP contribution in [0.15, 0.2) is 23.8 Å². The lowest BCUT2D eigenvalue weighted by molar-refractivity contribution is -0.180. The average Bonchev–Trinajstić information content (AvgIpc) is 2.84. The van der Waals surface area contributed by atoms with Crippen LogP contribution in [0, 0.1) is 28.6 Å². The second kappa shape index (κ2) is 6.01. The average molecular weight is 425 g/mol. The van der Waals surface area contributed by atoms with Gasteiger partial charge in [-0.05, 0) is 55.6 Å². The van der Waals surface area contributed by atoms with Gasteiger partial charge in [0.1, 0.15) is 11.8 Å². The first kappa shape index (κ1) is 20.7. The van der Waals surface area contributed by atoms with Crippen LogP contribution in [0.2, 0.25) is 0 Å². The van der Waals surface area contributed by atoms with Gasteiger partial charge in [0.15, 0.2) is 5.78 Å². The monoisotopic (exact) mass is 424 g/mol. The van der Waals surface area contributed by atoms with Crippen LogP contribution < -0.4 is 0 Å². The molecule has 29 heavy (non-hydrogen) atoms. The summed E-state index contributed by atoms with van der Waals surface area (Å²) in [7, 11) is 0. The van der Waals surface area contributed by atoms with Gasteiger partial charge < -0.3 is 10.2 Å². The molecule has 0 radical (unpaired) electrons. The number of carbonyl (C=O) groups excluding carboxylic acids is 2. The summed E-state index contributed by atoms with van der Waals surface area (Å²) in [5.74, 6) is -4.40. The molecule has 8 atom stereocenters. The summed E-state index contributed by atoms with van der Waals surface area (Å²) in [4.78, 5) is 34.6. The van der Waals surface area contributed by atoms with Crippen molar-refractivity contribution in [3.05, 3.63) is 23.8 Å². The fourth-order valence-corrected chi connectivity index (χ4v) is 7.65. The van der Waals surface area contributed by atoms with Gasteiger partial charge in [-0.3, -0.25) is 9.59 Å². The van der Waals surface area contributed by atoms with Gasteiger partial charge in [0.2, 0.25) is 0 Å². The number of aliphatic carboxylic acids is 1. The van der Waals surface area contributed by atoms with E-state index in [1.165, 1.54) is 6.08 Å². The molecule has 158 valence electrons. The molecule has 0 heterocycles. The Morgan fingerprint density at radius 1 is 1.28 bits per heavy atom. The highest BCUT2D eigenvalue weighted by atomic mass is 35.5. The van der Waals surface area contributed by atoms with Crippen molar-refractivity contribution >= 4 is 29.1 Å². The second-order valence-corrected chi connectivity index (χ2v) is 10.4. The molecular weight excluding hydrogens is 399 g/mol. The van der Waals surface area contributed by atoms with Crippen molar-refractivity contribution in [2.45, 2.75) is 63.1 Å². The van der Waals surface area contributed by atoms with Crippen LogP contribution in [-0.2, 0) is 14.4 Å². The number of allylic oxidation sites excluding steroid dienone is 4. The number of aliphatic hydroxyl groups is 1. The van der Waals surface area contributed by atoms with E-state index in [0.717, 1.165) is 5.57 Å². The number of alkyl halides is 2. The van der Waals surface area contributed by atoms with E-state index in [2.05, 4.69) is 0 Å². The minimum atomic E-state index is -2.14. The van der Waals surface area contributed by atoms with Crippen molar-refractivity contribution in [3.63, 3.8) is 0 Å². The Hall–Kier alpha value is -1.53. The van der Waals surface area contributed by atoms with Gasteiger partial charge in [0.05, 0.1) is 4.87 Å². The van der Waals surface area contributed by atoms with E-state index in [9.17, 15) is 24.6 Å². The van der Waals surface area contributed by atoms with Gasteiger partial charge in [0, 0.05) is 10.8 Å². The Morgan fingerprint density at radius 2 is 1.93 bits per heavy atom. The zero-order valence-corrected chi connectivity index (χ0v) is 17.5. The van der Waals surface area contributed by atoms with Crippen LogP contribution in [0.5, 0.6) is 0 Å². The lowest BCUT2D eigenvalue weighted by atomic mass is 9.46. The Kier molecular flexibility index (Phi) is 4.29. The molecule has 7 heteroatoms. The molecule has 0 aromatic rings. The number of carbonyl (C=O) groups is 3. The van der Waals surface area contributed by atoms with E-state index >= 15 is 4.39 Å². The van der Waals surface area contributed by atoms with E-state index < -0.39 is 45.1 Å². The van der Waals surface area contributed by atoms with Crippen molar-refractivity contribution in [2.75, 3.05) is 0 Å². The fourth-order valence-electron chi connectivity index (χ4n) is 7.13. The summed E-state index contributed by atoms with van der Waals surface area (Å²) in [6.45, 7) is 5.14. The van der Waals surface area contributed by atoms with Crippen molar-refractivity contribution < 1.29 is 29.0 Å². The first-order chi connectivity index (χ1) is 13.3. The molecule has 5 nitrogen and oxygen atoms in total. The Balaban J connectivity index is 1.84. The van der Waals surface area contributed by atoms with Gasteiger partial charge in [-0.25, -0.2) is 9.18 Å². The molecule has 2 N–H and O–H groups in total. The summed E-state index contributed by atoms with van der Waals surface area (Å²) in [5.41, 5.74) is -3.41. The molecule has 0 amide bonds. The highest BCUT2D eigenvalue weighted by Crippen LogP contribution is 2.71. The van der Waals surface area contributed by atoms with Crippen molar-refractivity contribution in [1.29, 1.82) is 0 Å². The molecule has 0 aromatic heterocycles. The summed E-state index contributed by atoms with van der Waals surface area (Å²) in [6, 6.07) is 0. The first-order valence-corrected chi connectivity index (χ1v) is 10.5. The quantitative estimate of drug-likeness (QED) is 0.524. The predicted octanol–water partition coefficient (Wildman–Crippen LogP) is 3.23. The Bertz CT molecular complexity index is 882. The standard InChI is InChI=1S/C22H26ClFO5/c1-11-8-15-14-5-4-12-9-13(25)6-7-19(12,2)21(14,23)16(24)10-20(15,3)22(11,29)17(26)18(27)28/h6-7,9,11,14-16,29H,4-5,8,10H2,1-3H3,(H,27,28)/t11-,14+,15+,16+,19+,20+,21+,22+/m1/s1. The van der Waals surface area contributed by atoms with E-state index in [4.69, 9.17) is 11.6 Å². The smallest absolute Gasteiger partial charge is 0.375 e. The molecule has 0 aromatic carbocycles. The highest BCUT2D eigenvalue weighted by Gasteiger charge is 2.75. The maximum Gasteiger partial charge on any atom is 0.375 e. The van der Waals surface area contributed by atoms with Gasteiger partial charge >= 0.3 is 5.97 Å². The number of fused-ring (bicyclic) bond motifs is 5. The fraction of sp³-hybridized carbons (Fsp3) is 0.682. The lowest BCUT2D eigenvalue weighted by Crippen LogP contribution is -2.68.